The van der Waals surface area contributed by atoms with Gasteiger partial charge in [0.2, 0.25) is 0 Å². The maximum Gasteiger partial charge on any atom is 0.256 e. The molecule has 1 unspecified atom stereocenters. The lowest BCUT2D eigenvalue weighted by molar-refractivity contribution is -0.110. The van der Waals surface area contributed by atoms with Crippen molar-refractivity contribution in [2.75, 3.05) is 12.4 Å². The van der Waals surface area contributed by atoms with Crippen molar-refractivity contribution >= 4 is 29.3 Å². The number of aromatic amines is 1. The number of anilines is 1. The van der Waals surface area contributed by atoms with Crippen molar-refractivity contribution in [3.8, 4) is 5.75 Å². The van der Waals surface area contributed by atoms with Gasteiger partial charge in [0.15, 0.2) is 0 Å². The molecule has 1 aromatic heterocycles. The number of aliphatic hydroxyl groups is 1. The van der Waals surface area contributed by atoms with Gasteiger partial charge in [-0.3, -0.25) is 4.79 Å². The molecule has 0 aliphatic carbocycles. The topological polar surface area (TPSA) is 74.3 Å². The number of hydrogen-bond acceptors (Lipinski definition) is 3. The highest BCUT2D eigenvalue weighted by Gasteiger charge is 2.26. The van der Waals surface area contributed by atoms with Gasteiger partial charge in [-0.2, -0.15) is 0 Å². The molecule has 0 saturated heterocycles. The number of benzene rings is 1. The summed E-state index contributed by atoms with van der Waals surface area (Å²) >= 11 is 0. The van der Waals surface area contributed by atoms with E-state index in [-0.39, 0.29) is 5.91 Å². The molecule has 1 amide bonds. The van der Waals surface area contributed by atoms with Gasteiger partial charge in [0.25, 0.3) is 5.91 Å². The second kappa shape index (κ2) is 9.06. The van der Waals surface area contributed by atoms with Crippen molar-refractivity contribution in [2.24, 2.45) is 0 Å². The van der Waals surface area contributed by atoms with Crippen LogP contribution in [0.4, 0.5) is 5.69 Å². The van der Waals surface area contributed by atoms with Crippen molar-refractivity contribution in [1.29, 1.82) is 0 Å². The van der Waals surface area contributed by atoms with Crippen LogP contribution < -0.4 is 10.1 Å². The zero-order chi connectivity index (χ0) is 19.1. The average Bonchev–Trinajstić information content (AvgIpc) is 3.25. The third-order valence-corrected chi connectivity index (χ3v) is 4.02. The number of carbonyl (C=O) groups is 1. The third kappa shape index (κ3) is 4.06. The summed E-state index contributed by atoms with van der Waals surface area (Å²) in [6, 6.07) is 7.49. The number of rotatable bonds is 5. The van der Waals surface area contributed by atoms with Crippen LogP contribution in [0.3, 0.4) is 0 Å². The fraction of sp³-hybridized carbons (Fsp3) is 0.286. The minimum atomic E-state index is -0.498. The van der Waals surface area contributed by atoms with E-state index in [2.05, 4.69) is 10.3 Å². The number of nitrogens with one attached hydrogen (secondary N) is 2. The van der Waals surface area contributed by atoms with E-state index < -0.39 is 6.10 Å². The van der Waals surface area contributed by atoms with E-state index in [1.165, 1.54) is 0 Å². The fourth-order valence-electron chi connectivity index (χ4n) is 2.71. The summed E-state index contributed by atoms with van der Waals surface area (Å²) in [4.78, 5) is 15.5. The summed E-state index contributed by atoms with van der Waals surface area (Å²) in [5.41, 5.74) is 3.79. The molecule has 3 rings (SSSR count). The van der Waals surface area contributed by atoms with Gasteiger partial charge in [-0.15, -0.1) is 0 Å². The smallest absolute Gasteiger partial charge is 0.256 e. The minimum absolute atomic E-state index is 0.154. The first kappa shape index (κ1) is 19.5. The number of methoxy groups -OCH3 is 1. The largest absolute Gasteiger partial charge is 0.495 e. The molecule has 1 aliphatic rings. The average molecular weight is 354 g/mol. The van der Waals surface area contributed by atoms with Gasteiger partial charge in [-0.1, -0.05) is 45.1 Å². The van der Waals surface area contributed by atoms with Crippen molar-refractivity contribution < 1.29 is 14.6 Å². The molecule has 0 saturated carbocycles. The summed E-state index contributed by atoms with van der Waals surface area (Å²) in [6.07, 6.45) is 7.29. The van der Waals surface area contributed by atoms with Crippen LogP contribution in [0, 0.1) is 0 Å². The van der Waals surface area contributed by atoms with Gasteiger partial charge in [0.1, 0.15) is 5.75 Å². The first-order chi connectivity index (χ1) is 12.6. The summed E-state index contributed by atoms with van der Waals surface area (Å²) in [6.45, 7) is 5.92. The van der Waals surface area contributed by atoms with Gasteiger partial charge < -0.3 is 20.1 Å². The van der Waals surface area contributed by atoms with Crippen molar-refractivity contribution in [1.82, 2.24) is 4.98 Å². The van der Waals surface area contributed by atoms with Gasteiger partial charge in [0, 0.05) is 17.4 Å². The number of H-pyrrole nitrogens is 1. The maximum absolute atomic E-state index is 12.4. The lowest BCUT2D eigenvalue weighted by Gasteiger charge is -2.06. The number of carbonyl (C=O) groups excluding carboxylic acids is 1. The molecule has 0 spiro atoms. The number of aliphatic hydroxyl groups excluding tert-OH is 1. The first-order valence-corrected chi connectivity index (χ1v) is 8.88. The zero-order valence-corrected chi connectivity index (χ0v) is 15.7. The molecule has 5 nitrogen and oxygen atoms in total. The monoisotopic (exact) mass is 354 g/mol. The molecular weight excluding hydrogens is 328 g/mol. The molecule has 5 heteroatoms. The van der Waals surface area contributed by atoms with Crippen molar-refractivity contribution in [3.05, 3.63) is 53.4 Å². The Morgan fingerprint density at radius 2 is 2.04 bits per heavy atom. The first-order valence-electron chi connectivity index (χ1n) is 8.88. The van der Waals surface area contributed by atoms with Crippen molar-refractivity contribution in [3.63, 3.8) is 0 Å². The maximum atomic E-state index is 12.4. The summed E-state index contributed by atoms with van der Waals surface area (Å²) in [7, 11) is 1.59. The summed E-state index contributed by atoms with van der Waals surface area (Å²) < 4.78 is 5.29. The molecule has 1 atom stereocenters. The Balaban J connectivity index is 0.00000117. The highest BCUT2D eigenvalue weighted by atomic mass is 16.5. The molecule has 2 heterocycles. The van der Waals surface area contributed by atoms with Crippen molar-refractivity contribution in [2.45, 2.75) is 33.3 Å². The van der Waals surface area contributed by atoms with E-state index in [4.69, 9.17) is 4.74 Å². The van der Waals surface area contributed by atoms with Gasteiger partial charge in [-0.05, 0) is 30.2 Å². The molecule has 26 heavy (non-hydrogen) atoms. The summed E-state index contributed by atoms with van der Waals surface area (Å²) in [5, 5.41) is 12.6. The molecule has 0 bridgehead atoms. The fourth-order valence-corrected chi connectivity index (χ4v) is 2.71. The normalized spacial score (nSPS) is 15.4. The number of ether oxygens (including phenoxy) is 1. The molecule has 1 aromatic carbocycles. The molecule has 138 valence electrons. The zero-order valence-electron chi connectivity index (χ0n) is 15.7. The van der Waals surface area contributed by atoms with E-state index in [0.717, 1.165) is 22.5 Å². The Morgan fingerprint density at radius 3 is 2.73 bits per heavy atom. The predicted molar refractivity (Wildman–Crippen MR) is 107 cm³/mol. The lowest BCUT2D eigenvalue weighted by Crippen LogP contribution is -2.03. The predicted octanol–water partition coefficient (Wildman–Crippen LogP) is 4.33. The number of hydrogen-bond donors (Lipinski definition) is 3. The van der Waals surface area contributed by atoms with E-state index in [0.29, 0.717) is 17.7 Å². The van der Waals surface area contributed by atoms with Crippen LogP contribution in [0.1, 0.15) is 44.0 Å². The van der Waals surface area contributed by atoms with E-state index in [9.17, 15) is 9.90 Å². The Kier molecular flexibility index (Phi) is 6.81. The van der Waals surface area contributed by atoms with Gasteiger partial charge in [0.05, 0.1) is 24.5 Å². The number of aromatic nitrogens is 1. The lowest BCUT2D eigenvalue weighted by atomic mass is 9.98. The number of fused-ring (bicyclic) bond motifs is 1. The molecule has 2 aromatic rings. The SMILES string of the molecule is CC.CCC(O)C=Cc1cccc2c1/C(=C/c1[nH]ccc1OC)C(=O)N2. The second-order valence-corrected chi connectivity index (χ2v) is 5.58. The van der Waals surface area contributed by atoms with Crippen LogP contribution in [0.2, 0.25) is 0 Å². The molecule has 0 fully saturated rings. The molecule has 3 N–H and O–H groups in total. The van der Waals surface area contributed by atoms with E-state index in [1.54, 1.807) is 25.5 Å². The Bertz CT molecular complexity index is 818. The van der Waals surface area contributed by atoms with Gasteiger partial charge in [-0.25, -0.2) is 0 Å². The highest BCUT2D eigenvalue weighted by Crippen LogP contribution is 2.37. The highest BCUT2D eigenvalue weighted by molar-refractivity contribution is 6.35. The molecule has 0 radical (unpaired) electrons. The minimum Gasteiger partial charge on any atom is -0.495 e. The van der Waals surface area contributed by atoms with E-state index >= 15 is 0 Å². The quantitative estimate of drug-likeness (QED) is 0.700. The molecular formula is C21H26N2O3. The standard InChI is InChI=1S/C19H20N2O3.C2H6/c1-3-13(22)8-7-12-5-4-6-15-18(12)14(19(23)21-15)11-16-17(24-2)9-10-20-16;1-2/h4-11,13,20,22H,3H2,1-2H3,(H,21,23);1-2H3/b8-7?,14-11-;. The third-order valence-electron chi connectivity index (χ3n) is 4.02. The van der Waals surface area contributed by atoms with Crippen LogP contribution in [0.15, 0.2) is 36.5 Å². The summed E-state index contributed by atoms with van der Waals surface area (Å²) in [5.74, 6) is 0.525. The van der Waals surface area contributed by atoms with Crippen LogP contribution in [0.25, 0.3) is 17.7 Å². The number of amides is 1. The molecule has 1 aliphatic heterocycles. The van der Waals surface area contributed by atoms with Crippen LogP contribution in [-0.2, 0) is 4.79 Å². The van der Waals surface area contributed by atoms with Crippen LogP contribution >= 0.6 is 0 Å². The van der Waals surface area contributed by atoms with Gasteiger partial charge >= 0.3 is 0 Å². The van der Waals surface area contributed by atoms with Crippen LogP contribution in [0.5, 0.6) is 5.75 Å². The second-order valence-electron chi connectivity index (χ2n) is 5.58. The Hall–Kier alpha value is -2.79. The Morgan fingerprint density at radius 1 is 1.27 bits per heavy atom. The van der Waals surface area contributed by atoms with E-state index in [1.807, 2.05) is 51.1 Å². The Labute approximate surface area is 154 Å². The van der Waals surface area contributed by atoms with Crippen LogP contribution in [-0.4, -0.2) is 29.2 Å².